The summed E-state index contributed by atoms with van der Waals surface area (Å²) in [6.07, 6.45) is 4.38. The standard InChI is InChI=1S/4C13H14.C9H12.C9H18.C9H12.C6H12.C5H12.C3H9N/c1-9-4-7-13-11(3)10(2)5-6-12(13)8-9;1-9-7-11(3)12-6-4-5-10(2)13(12)8-9;1-9-7-8-12-10(2)5-4-6-13(12)11(9)3;1-9-8-10(2)12-6-4-5-7-13(12)11(9)3;1-7-4-8(2)6-9(3)5-7;2*1-7-4-5-8(2)9(3)6-7;1-5(2)6(3)4;1-5(2,3)4;1-4(2)3/h4*4-8H,1-3H3;4-6H,1-3H3;7-9H,4-6H2,1-3H3;4-6H,1-3H3;1-4H3;1-4H3;1-3H3. The zero-order valence-corrected chi connectivity index (χ0v) is 65.8. The lowest BCUT2D eigenvalue weighted by molar-refractivity contribution is 0.220. The van der Waals surface area contributed by atoms with Gasteiger partial charge in [0.25, 0.3) is 0 Å². The van der Waals surface area contributed by atoms with Crippen LogP contribution in [-0.4, -0.2) is 26.0 Å². The first-order valence-electron chi connectivity index (χ1n) is 34.9. The van der Waals surface area contributed by atoms with Gasteiger partial charge in [-0.2, -0.15) is 0 Å². The van der Waals surface area contributed by atoms with Crippen molar-refractivity contribution < 1.29 is 0 Å². The van der Waals surface area contributed by atoms with E-state index in [1.54, 1.807) is 0 Å². The number of hydrogen-bond donors (Lipinski definition) is 0. The van der Waals surface area contributed by atoms with E-state index in [0.717, 1.165) is 17.8 Å². The van der Waals surface area contributed by atoms with Gasteiger partial charge in [0, 0.05) is 0 Å². The van der Waals surface area contributed by atoms with Crippen LogP contribution in [0.1, 0.15) is 196 Å². The molecule has 508 valence electrons. The van der Waals surface area contributed by atoms with Crippen molar-refractivity contribution >= 4 is 43.1 Å². The number of aryl methyl sites for hydroxylation is 18. The minimum atomic E-state index is 0.500. The summed E-state index contributed by atoms with van der Waals surface area (Å²) in [6, 6.07) is 56.8. The normalized spacial score (nSPS) is 13.6. The smallest absolute Gasteiger partial charge is 0.0140 e. The van der Waals surface area contributed by atoms with Crippen molar-refractivity contribution in [3.05, 3.63) is 269 Å². The van der Waals surface area contributed by atoms with Crippen LogP contribution in [0.4, 0.5) is 0 Å². The molecule has 1 aliphatic rings. The van der Waals surface area contributed by atoms with Crippen molar-refractivity contribution in [3.63, 3.8) is 0 Å². The van der Waals surface area contributed by atoms with Gasteiger partial charge in [-0.3, -0.25) is 0 Å². The van der Waals surface area contributed by atoms with Gasteiger partial charge in [0.2, 0.25) is 0 Å². The molecule has 0 radical (unpaired) electrons. The Bertz CT molecular complexity index is 3860. The predicted octanol–water partition coefficient (Wildman–Crippen LogP) is 28.0. The lowest BCUT2D eigenvalue weighted by Crippen LogP contribution is -2.18. The second-order valence-corrected chi connectivity index (χ2v) is 30.3. The molecular formula is C93H131N. The van der Waals surface area contributed by atoms with Gasteiger partial charge in [-0.05, 0) is 313 Å². The Morgan fingerprint density at radius 1 is 0.298 bits per heavy atom. The van der Waals surface area contributed by atoms with Crippen molar-refractivity contribution in [2.24, 2.45) is 23.2 Å². The van der Waals surface area contributed by atoms with E-state index in [4.69, 9.17) is 0 Å². The van der Waals surface area contributed by atoms with Gasteiger partial charge in [0.15, 0.2) is 0 Å². The first kappa shape index (κ1) is 83.0. The van der Waals surface area contributed by atoms with Gasteiger partial charge in [-0.25, -0.2) is 0 Å². The second kappa shape index (κ2) is 40.4. The Morgan fingerprint density at radius 3 is 1.14 bits per heavy atom. The highest BCUT2D eigenvalue weighted by molar-refractivity contribution is 5.91. The SMILES string of the molecule is CC(C)(C)C.CC(C)=C(C)C.CC1CCC(C)C(C)C1.CN(C)C.Cc1cc(C)c2cccc(C)c2c1.Cc1cc(C)c2ccccc2c1C.Cc1cc(C)cc(C)c1.Cc1ccc(C)c(C)c1.Cc1ccc2c(C)c(C)ccc2c1.Cc1ccc2c(C)cccc2c1C. The lowest BCUT2D eigenvalue weighted by atomic mass is 9.77. The molecule has 1 aliphatic carbocycles. The maximum absolute atomic E-state index is 2.39. The number of allylic oxidation sites excluding steroid dienone is 2. The first-order valence-corrected chi connectivity index (χ1v) is 34.9. The second-order valence-electron chi connectivity index (χ2n) is 30.3. The predicted molar refractivity (Wildman–Crippen MR) is 430 cm³/mol. The molecule has 94 heavy (non-hydrogen) atoms. The molecular weight excluding hydrogens is 1130 g/mol. The molecule has 10 aromatic rings. The first-order chi connectivity index (χ1) is 43.7. The molecule has 3 unspecified atom stereocenters. The third kappa shape index (κ3) is 30.1. The van der Waals surface area contributed by atoms with E-state index in [0.29, 0.717) is 5.41 Å². The van der Waals surface area contributed by atoms with E-state index >= 15 is 0 Å². The molecule has 0 bridgehead atoms. The molecule has 11 rings (SSSR count). The van der Waals surface area contributed by atoms with E-state index in [2.05, 4.69) is 359 Å². The highest BCUT2D eigenvalue weighted by Gasteiger charge is 2.21. The molecule has 0 N–H and O–H groups in total. The fourth-order valence-electron chi connectivity index (χ4n) is 11.2. The lowest BCUT2D eigenvalue weighted by Gasteiger charge is -2.29. The third-order valence-corrected chi connectivity index (χ3v) is 17.8. The monoisotopic (exact) mass is 1260 g/mol. The number of nitrogens with zero attached hydrogens (tertiary/aromatic N) is 1. The van der Waals surface area contributed by atoms with Crippen LogP contribution < -0.4 is 0 Å². The Balaban J connectivity index is 0.000000362. The summed E-state index contributed by atoms with van der Waals surface area (Å²) in [4.78, 5) is 2.00. The van der Waals surface area contributed by atoms with Gasteiger partial charge < -0.3 is 4.90 Å². The summed E-state index contributed by atoms with van der Waals surface area (Å²) < 4.78 is 0. The van der Waals surface area contributed by atoms with Crippen LogP contribution in [0.5, 0.6) is 0 Å². The summed E-state index contributed by atoms with van der Waals surface area (Å²) in [7, 11) is 6.00. The summed E-state index contributed by atoms with van der Waals surface area (Å²) in [6.45, 7) is 63.2. The molecule has 0 aliphatic heterocycles. The zero-order valence-electron chi connectivity index (χ0n) is 65.8. The van der Waals surface area contributed by atoms with Crippen molar-refractivity contribution in [2.75, 3.05) is 21.1 Å². The van der Waals surface area contributed by atoms with E-state index < -0.39 is 0 Å². The Hall–Kier alpha value is -7.06. The van der Waals surface area contributed by atoms with Crippen LogP contribution in [0.25, 0.3) is 43.1 Å². The van der Waals surface area contributed by atoms with Crippen molar-refractivity contribution in [1.82, 2.24) is 4.90 Å². The van der Waals surface area contributed by atoms with E-state index in [9.17, 15) is 0 Å². The van der Waals surface area contributed by atoms with Crippen LogP contribution in [0.15, 0.2) is 169 Å². The van der Waals surface area contributed by atoms with Crippen LogP contribution >= 0.6 is 0 Å². The van der Waals surface area contributed by atoms with Gasteiger partial charge in [0.1, 0.15) is 0 Å². The molecule has 0 heterocycles. The highest BCUT2D eigenvalue weighted by Crippen LogP contribution is 2.33. The van der Waals surface area contributed by atoms with Gasteiger partial charge in [-0.1, -0.05) is 264 Å². The zero-order chi connectivity index (χ0) is 71.5. The Labute approximate surface area is 578 Å². The molecule has 1 nitrogen and oxygen atoms in total. The molecule has 1 saturated carbocycles. The van der Waals surface area contributed by atoms with Crippen molar-refractivity contribution in [1.29, 1.82) is 0 Å². The van der Waals surface area contributed by atoms with E-state index in [-0.39, 0.29) is 0 Å². The number of benzene rings is 10. The minimum absolute atomic E-state index is 0.500. The Kier molecular flexibility index (Phi) is 35.7. The summed E-state index contributed by atoms with van der Waals surface area (Å²) >= 11 is 0. The summed E-state index contributed by atoms with van der Waals surface area (Å²) in [5.74, 6) is 2.96. The number of fused-ring (bicyclic) bond motifs is 4. The highest BCUT2D eigenvalue weighted by atomic mass is 15.0. The Morgan fingerprint density at radius 2 is 0.660 bits per heavy atom. The average Bonchev–Trinajstić information content (AvgIpc) is 0.832. The van der Waals surface area contributed by atoms with Gasteiger partial charge >= 0.3 is 0 Å². The molecule has 0 spiro atoms. The average molecular weight is 1260 g/mol. The molecule has 0 aromatic heterocycles. The maximum Gasteiger partial charge on any atom is -0.0140 e. The van der Waals surface area contributed by atoms with Crippen LogP contribution in [-0.2, 0) is 0 Å². The maximum atomic E-state index is 2.39. The molecule has 0 amide bonds. The minimum Gasteiger partial charge on any atom is -0.312 e. The van der Waals surface area contributed by atoms with E-state index in [1.807, 2.05) is 26.0 Å². The van der Waals surface area contributed by atoms with Crippen molar-refractivity contribution in [3.8, 4) is 0 Å². The molecule has 1 fully saturated rings. The van der Waals surface area contributed by atoms with Crippen molar-refractivity contribution in [2.45, 2.75) is 220 Å². The van der Waals surface area contributed by atoms with Gasteiger partial charge in [-0.15, -0.1) is 0 Å². The molecule has 0 saturated heterocycles. The fourth-order valence-corrected chi connectivity index (χ4v) is 11.2. The van der Waals surface area contributed by atoms with E-state index in [1.165, 1.54) is 174 Å². The topological polar surface area (TPSA) is 3.24 Å². The molecule has 1 heteroatoms. The largest absolute Gasteiger partial charge is 0.312 e. The van der Waals surface area contributed by atoms with Crippen LogP contribution in [0, 0.1) is 148 Å². The fraction of sp³-hybridized carbons (Fsp3) is 0.419. The van der Waals surface area contributed by atoms with Gasteiger partial charge in [0.05, 0.1) is 0 Å². The summed E-state index contributed by atoms with van der Waals surface area (Å²) in [5.41, 5.74) is 28.0. The third-order valence-electron chi connectivity index (χ3n) is 17.8. The molecule has 3 atom stereocenters. The van der Waals surface area contributed by atoms with Crippen LogP contribution in [0.2, 0.25) is 0 Å². The quantitative estimate of drug-likeness (QED) is 0.137. The number of rotatable bonds is 0. The summed E-state index contributed by atoms with van der Waals surface area (Å²) in [5, 5.41) is 11.0. The molecule has 10 aromatic carbocycles. The van der Waals surface area contributed by atoms with Crippen LogP contribution in [0.3, 0.4) is 0 Å². The number of hydrogen-bond acceptors (Lipinski definition) is 1.